The van der Waals surface area contributed by atoms with Gasteiger partial charge >= 0.3 is 0 Å². The van der Waals surface area contributed by atoms with Crippen LogP contribution in [-0.2, 0) is 17.9 Å². The third-order valence-corrected chi connectivity index (χ3v) is 5.36. The summed E-state index contributed by atoms with van der Waals surface area (Å²) in [6.07, 6.45) is 2.61. The average Bonchev–Trinajstić information content (AvgIpc) is 2.89. The van der Waals surface area contributed by atoms with Crippen molar-refractivity contribution in [2.45, 2.75) is 31.2 Å². The Kier molecular flexibility index (Phi) is 4.64. The van der Waals surface area contributed by atoms with Crippen LogP contribution in [-0.4, -0.2) is 24.9 Å². The van der Waals surface area contributed by atoms with Gasteiger partial charge in [0.05, 0.1) is 17.6 Å². The molecule has 1 atom stereocenters. The summed E-state index contributed by atoms with van der Waals surface area (Å²) >= 11 is 3.89. The summed E-state index contributed by atoms with van der Waals surface area (Å²) in [7, 11) is 3.70. The quantitative estimate of drug-likeness (QED) is 0.880. The number of nitrogens with zero attached hydrogens (tertiary/aromatic N) is 1. The van der Waals surface area contributed by atoms with Crippen molar-refractivity contribution >= 4 is 23.1 Å². The van der Waals surface area contributed by atoms with E-state index in [1.807, 2.05) is 30.1 Å². The van der Waals surface area contributed by atoms with Gasteiger partial charge in [0.25, 0.3) is 0 Å². The number of aromatic nitrogens is 1. The van der Waals surface area contributed by atoms with Crippen molar-refractivity contribution in [2.75, 3.05) is 19.9 Å². The van der Waals surface area contributed by atoms with Crippen LogP contribution in [0.5, 0.6) is 0 Å². The van der Waals surface area contributed by atoms with Crippen LogP contribution in [0.15, 0.2) is 0 Å². The first-order valence-electron chi connectivity index (χ1n) is 5.58. The van der Waals surface area contributed by atoms with Crippen LogP contribution in [0.2, 0.25) is 0 Å². The molecule has 0 radical (unpaired) electrons. The Labute approximate surface area is 105 Å². The van der Waals surface area contributed by atoms with Gasteiger partial charge < -0.3 is 10.1 Å². The van der Waals surface area contributed by atoms with Gasteiger partial charge in [0.15, 0.2) is 0 Å². The van der Waals surface area contributed by atoms with Crippen molar-refractivity contribution in [3.05, 3.63) is 15.6 Å². The van der Waals surface area contributed by atoms with Crippen LogP contribution in [0.25, 0.3) is 0 Å². The van der Waals surface area contributed by atoms with Crippen molar-refractivity contribution in [2.24, 2.45) is 0 Å². The van der Waals surface area contributed by atoms with Crippen LogP contribution in [0.4, 0.5) is 0 Å². The number of thiazole rings is 1. The lowest BCUT2D eigenvalue weighted by Gasteiger charge is -2.01. The fourth-order valence-corrected chi connectivity index (χ4v) is 4.45. The SMILES string of the molecule is CNCc1sc(C2CCCS2)nc1COC. The van der Waals surface area contributed by atoms with Gasteiger partial charge in [0, 0.05) is 18.5 Å². The second-order valence-corrected chi connectivity index (χ2v) is 6.31. The summed E-state index contributed by atoms with van der Waals surface area (Å²) in [6, 6.07) is 0. The molecule has 90 valence electrons. The molecule has 0 bridgehead atoms. The summed E-state index contributed by atoms with van der Waals surface area (Å²) in [5.74, 6) is 1.28. The summed E-state index contributed by atoms with van der Waals surface area (Å²) in [6.45, 7) is 1.53. The van der Waals surface area contributed by atoms with Gasteiger partial charge in [0.1, 0.15) is 5.01 Å². The van der Waals surface area contributed by atoms with Gasteiger partial charge in [-0.2, -0.15) is 11.8 Å². The standard InChI is InChI=1S/C11H18N2OS2/c1-12-6-10-8(7-14-2)13-11(16-10)9-4-3-5-15-9/h9,12H,3-7H2,1-2H3. The zero-order valence-corrected chi connectivity index (χ0v) is 11.4. The molecule has 1 saturated heterocycles. The first-order valence-corrected chi connectivity index (χ1v) is 7.45. The second kappa shape index (κ2) is 6.00. The van der Waals surface area contributed by atoms with E-state index >= 15 is 0 Å². The maximum atomic E-state index is 5.20. The lowest BCUT2D eigenvalue weighted by Crippen LogP contribution is -2.06. The molecular formula is C11H18N2OS2. The highest BCUT2D eigenvalue weighted by Gasteiger charge is 2.22. The molecule has 1 aliphatic heterocycles. The van der Waals surface area contributed by atoms with Crippen LogP contribution in [0, 0.1) is 0 Å². The Balaban J connectivity index is 2.15. The van der Waals surface area contributed by atoms with E-state index in [4.69, 9.17) is 9.72 Å². The topological polar surface area (TPSA) is 34.2 Å². The molecule has 1 aromatic heterocycles. The highest BCUT2D eigenvalue weighted by molar-refractivity contribution is 7.99. The summed E-state index contributed by atoms with van der Waals surface area (Å²) in [5.41, 5.74) is 1.12. The minimum atomic E-state index is 0.630. The van der Waals surface area contributed by atoms with Crippen LogP contribution in [0.1, 0.15) is 33.7 Å². The summed E-state index contributed by atoms with van der Waals surface area (Å²) in [4.78, 5) is 6.06. The normalized spacial score (nSPS) is 20.5. The van der Waals surface area contributed by atoms with Crippen LogP contribution in [0.3, 0.4) is 0 Å². The van der Waals surface area contributed by atoms with Gasteiger partial charge in [-0.05, 0) is 25.6 Å². The monoisotopic (exact) mass is 258 g/mol. The third kappa shape index (κ3) is 2.77. The predicted octanol–water partition coefficient (Wildman–Crippen LogP) is 2.58. The molecule has 5 heteroatoms. The Morgan fingerprint density at radius 3 is 3.06 bits per heavy atom. The maximum Gasteiger partial charge on any atom is 0.106 e. The number of nitrogens with one attached hydrogen (secondary N) is 1. The average molecular weight is 258 g/mol. The van der Waals surface area contributed by atoms with E-state index in [1.54, 1.807) is 7.11 Å². The molecule has 1 aliphatic rings. The fraction of sp³-hybridized carbons (Fsp3) is 0.727. The van der Waals surface area contributed by atoms with Gasteiger partial charge in [-0.15, -0.1) is 11.3 Å². The van der Waals surface area contributed by atoms with Crippen molar-refractivity contribution in [3.63, 3.8) is 0 Å². The Bertz CT molecular complexity index is 311. The molecule has 2 rings (SSSR count). The van der Waals surface area contributed by atoms with E-state index in [-0.39, 0.29) is 0 Å². The van der Waals surface area contributed by atoms with E-state index in [9.17, 15) is 0 Å². The third-order valence-electron chi connectivity index (χ3n) is 2.62. The number of hydrogen-bond donors (Lipinski definition) is 1. The zero-order chi connectivity index (χ0) is 11.4. The Morgan fingerprint density at radius 2 is 2.44 bits per heavy atom. The molecule has 0 spiro atoms. The van der Waals surface area contributed by atoms with E-state index in [1.165, 1.54) is 28.5 Å². The molecule has 3 nitrogen and oxygen atoms in total. The lowest BCUT2D eigenvalue weighted by atomic mass is 10.2. The molecule has 1 N–H and O–H groups in total. The van der Waals surface area contributed by atoms with Crippen molar-refractivity contribution in [3.8, 4) is 0 Å². The minimum Gasteiger partial charge on any atom is -0.378 e. The van der Waals surface area contributed by atoms with Crippen LogP contribution < -0.4 is 5.32 Å². The number of thioether (sulfide) groups is 1. The van der Waals surface area contributed by atoms with Gasteiger partial charge in [-0.3, -0.25) is 0 Å². The second-order valence-electron chi connectivity index (χ2n) is 3.89. The first-order chi connectivity index (χ1) is 7.85. The fourth-order valence-electron chi connectivity index (χ4n) is 1.86. The molecular weight excluding hydrogens is 240 g/mol. The molecule has 0 aliphatic carbocycles. The number of hydrogen-bond acceptors (Lipinski definition) is 5. The van der Waals surface area contributed by atoms with E-state index in [0.717, 1.165) is 12.2 Å². The molecule has 2 heterocycles. The van der Waals surface area contributed by atoms with E-state index in [2.05, 4.69) is 5.32 Å². The molecule has 1 aromatic rings. The number of ether oxygens (including phenoxy) is 1. The summed E-state index contributed by atoms with van der Waals surface area (Å²) in [5, 5.41) is 5.12. The largest absolute Gasteiger partial charge is 0.378 e. The molecule has 0 amide bonds. The van der Waals surface area contributed by atoms with Crippen molar-refractivity contribution in [1.29, 1.82) is 0 Å². The molecule has 1 unspecified atom stereocenters. The smallest absolute Gasteiger partial charge is 0.106 e. The number of rotatable bonds is 5. The molecule has 0 aromatic carbocycles. The predicted molar refractivity (Wildman–Crippen MR) is 70.0 cm³/mol. The molecule has 16 heavy (non-hydrogen) atoms. The molecule has 0 saturated carbocycles. The highest BCUT2D eigenvalue weighted by atomic mass is 32.2. The highest BCUT2D eigenvalue weighted by Crippen LogP contribution is 2.42. The van der Waals surface area contributed by atoms with Gasteiger partial charge in [-0.1, -0.05) is 0 Å². The van der Waals surface area contributed by atoms with Crippen LogP contribution >= 0.6 is 23.1 Å². The van der Waals surface area contributed by atoms with Crippen molar-refractivity contribution < 1.29 is 4.74 Å². The lowest BCUT2D eigenvalue weighted by molar-refractivity contribution is 0.181. The van der Waals surface area contributed by atoms with Gasteiger partial charge in [0.2, 0.25) is 0 Å². The number of methoxy groups -OCH3 is 1. The Morgan fingerprint density at radius 1 is 1.56 bits per heavy atom. The molecule has 1 fully saturated rings. The Hall–Kier alpha value is -0.100. The maximum absolute atomic E-state index is 5.20. The summed E-state index contributed by atoms with van der Waals surface area (Å²) < 4.78 is 5.20. The van der Waals surface area contributed by atoms with Gasteiger partial charge in [-0.25, -0.2) is 4.98 Å². The zero-order valence-electron chi connectivity index (χ0n) is 9.78. The van der Waals surface area contributed by atoms with Crippen molar-refractivity contribution in [1.82, 2.24) is 10.3 Å². The first kappa shape index (κ1) is 12.4. The van der Waals surface area contributed by atoms with E-state index < -0.39 is 0 Å². The van der Waals surface area contributed by atoms with E-state index in [0.29, 0.717) is 11.9 Å². The minimum absolute atomic E-state index is 0.630.